The van der Waals surface area contributed by atoms with Crippen molar-refractivity contribution in [2.24, 2.45) is 7.05 Å². The van der Waals surface area contributed by atoms with E-state index in [1.807, 2.05) is 6.92 Å². The summed E-state index contributed by atoms with van der Waals surface area (Å²) in [7, 11) is 1.74. The number of carboxylic acid groups (broad SMARTS) is 1. The highest BCUT2D eigenvalue weighted by molar-refractivity contribution is 5.94. The molecule has 0 saturated carbocycles. The molecule has 1 aromatic heterocycles. The van der Waals surface area contributed by atoms with Crippen molar-refractivity contribution in [3.8, 4) is 0 Å². The summed E-state index contributed by atoms with van der Waals surface area (Å²) in [5.41, 5.74) is 0.426. The molecule has 110 valence electrons. The molecule has 1 amide bonds. The summed E-state index contributed by atoms with van der Waals surface area (Å²) >= 11 is 0. The lowest BCUT2D eigenvalue weighted by Crippen LogP contribution is -2.38. The smallest absolute Gasteiger partial charge is 0.305 e. The molecule has 20 heavy (non-hydrogen) atoms. The van der Waals surface area contributed by atoms with Gasteiger partial charge in [0.15, 0.2) is 5.43 Å². The number of aliphatic carboxylic acids is 1. The van der Waals surface area contributed by atoms with Gasteiger partial charge in [0.1, 0.15) is 5.56 Å². The molecule has 0 aliphatic rings. The molecule has 1 aromatic rings. The Balaban J connectivity index is 2.91. The van der Waals surface area contributed by atoms with Crippen LogP contribution < -0.4 is 10.7 Å². The van der Waals surface area contributed by atoms with Crippen molar-refractivity contribution in [1.29, 1.82) is 0 Å². The van der Waals surface area contributed by atoms with Crippen LogP contribution in [0.25, 0.3) is 0 Å². The molecule has 1 rings (SSSR count). The van der Waals surface area contributed by atoms with Gasteiger partial charge in [-0.15, -0.1) is 0 Å². The van der Waals surface area contributed by atoms with Gasteiger partial charge in [-0.3, -0.25) is 14.4 Å². The van der Waals surface area contributed by atoms with Gasteiger partial charge in [-0.1, -0.05) is 13.3 Å². The van der Waals surface area contributed by atoms with E-state index in [1.54, 1.807) is 18.5 Å². The third-order valence-electron chi connectivity index (χ3n) is 3.12. The molecular formula is C14H20N2O4. The fourth-order valence-electron chi connectivity index (χ4n) is 1.95. The minimum Gasteiger partial charge on any atom is -0.481 e. The monoisotopic (exact) mass is 280 g/mol. The number of hydrogen-bond acceptors (Lipinski definition) is 3. The number of amides is 1. The van der Waals surface area contributed by atoms with Gasteiger partial charge in [0, 0.05) is 31.0 Å². The SMILES string of the molecule is CCC[C@H](CC(=O)O)NC(=O)c1cn(C)c(C)cc1=O. The number of pyridine rings is 1. The summed E-state index contributed by atoms with van der Waals surface area (Å²) in [5.74, 6) is -1.49. The van der Waals surface area contributed by atoms with E-state index in [4.69, 9.17) is 5.11 Å². The molecule has 0 aromatic carbocycles. The largest absolute Gasteiger partial charge is 0.481 e. The van der Waals surface area contributed by atoms with E-state index in [2.05, 4.69) is 5.32 Å². The molecule has 0 bridgehead atoms. The zero-order valence-electron chi connectivity index (χ0n) is 12.0. The van der Waals surface area contributed by atoms with Crippen molar-refractivity contribution in [3.63, 3.8) is 0 Å². The van der Waals surface area contributed by atoms with Crippen LogP contribution in [-0.4, -0.2) is 27.6 Å². The molecule has 0 aliphatic heterocycles. The molecule has 0 spiro atoms. The zero-order valence-corrected chi connectivity index (χ0v) is 12.0. The van der Waals surface area contributed by atoms with E-state index in [9.17, 15) is 14.4 Å². The highest BCUT2D eigenvalue weighted by Gasteiger charge is 2.18. The second kappa shape index (κ2) is 6.88. The normalized spacial score (nSPS) is 11.9. The number of aromatic nitrogens is 1. The van der Waals surface area contributed by atoms with E-state index in [-0.39, 0.29) is 17.4 Å². The number of nitrogens with one attached hydrogen (secondary N) is 1. The van der Waals surface area contributed by atoms with Gasteiger partial charge in [0.25, 0.3) is 5.91 Å². The number of carbonyl (C=O) groups excluding carboxylic acids is 1. The van der Waals surface area contributed by atoms with Crippen molar-refractivity contribution in [2.45, 2.75) is 39.2 Å². The van der Waals surface area contributed by atoms with Crippen molar-refractivity contribution >= 4 is 11.9 Å². The van der Waals surface area contributed by atoms with Gasteiger partial charge < -0.3 is 15.0 Å². The molecular weight excluding hydrogens is 260 g/mol. The summed E-state index contributed by atoms with van der Waals surface area (Å²) in [6.45, 7) is 3.68. The Bertz CT molecular complexity index is 563. The average molecular weight is 280 g/mol. The lowest BCUT2D eigenvalue weighted by atomic mass is 10.1. The fourth-order valence-corrected chi connectivity index (χ4v) is 1.95. The standard InChI is InChI=1S/C14H20N2O4/c1-4-5-10(7-13(18)19)15-14(20)11-8-16(3)9(2)6-12(11)17/h6,8,10H,4-5,7H2,1-3H3,(H,15,20)(H,18,19)/t10-/m1/s1. The Hall–Kier alpha value is -2.11. The van der Waals surface area contributed by atoms with Crippen LogP contribution in [0.4, 0.5) is 0 Å². The topological polar surface area (TPSA) is 88.4 Å². The first-order valence-corrected chi connectivity index (χ1v) is 6.55. The lowest BCUT2D eigenvalue weighted by Gasteiger charge is -2.16. The average Bonchev–Trinajstić information content (AvgIpc) is 2.33. The molecule has 0 radical (unpaired) electrons. The van der Waals surface area contributed by atoms with Crippen LogP contribution in [0.5, 0.6) is 0 Å². The molecule has 0 saturated heterocycles. The summed E-state index contributed by atoms with van der Waals surface area (Å²) in [6, 6.07) is 0.928. The third kappa shape index (κ3) is 4.22. The molecule has 1 heterocycles. The first kappa shape index (κ1) is 15.9. The third-order valence-corrected chi connectivity index (χ3v) is 3.12. The van der Waals surface area contributed by atoms with E-state index in [1.165, 1.54) is 12.3 Å². The second-order valence-corrected chi connectivity index (χ2v) is 4.86. The Labute approximate surface area is 117 Å². The van der Waals surface area contributed by atoms with Crippen LogP contribution in [0.1, 0.15) is 42.2 Å². The maximum atomic E-state index is 12.1. The number of carboxylic acids is 1. The Morgan fingerprint density at radius 3 is 2.65 bits per heavy atom. The number of hydrogen-bond donors (Lipinski definition) is 2. The van der Waals surface area contributed by atoms with Crippen LogP contribution in [-0.2, 0) is 11.8 Å². The van der Waals surface area contributed by atoms with Crippen molar-refractivity contribution < 1.29 is 14.7 Å². The Morgan fingerprint density at radius 1 is 1.45 bits per heavy atom. The summed E-state index contributed by atoms with van der Waals surface area (Å²) in [4.78, 5) is 34.6. The number of aryl methyl sites for hydroxylation is 2. The predicted molar refractivity (Wildman–Crippen MR) is 74.8 cm³/mol. The maximum absolute atomic E-state index is 12.1. The molecule has 2 N–H and O–H groups in total. The van der Waals surface area contributed by atoms with E-state index >= 15 is 0 Å². The summed E-state index contributed by atoms with van der Waals surface area (Å²) < 4.78 is 1.68. The molecule has 0 aliphatic carbocycles. The number of carbonyl (C=O) groups is 2. The molecule has 0 fully saturated rings. The molecule has 1 atom stereocenters. The summed E-state index contributed by atoms with van der Waals surface area (Å²) in [5, 5.41) is 11.4. The van der Waals surface area contributed by atoms with Gasteiger partial charge >= 0.3 is 5.97 Å². The highest BCUT2D eigenvalue weighted by atomic mass is 16.4. The zero-order chi connectivity index (χ0) is 15.3. The van der Waals surface area contributed by atoms with Crippen LogP contribution >= 0.6 is 0 Å². The van der Waals surface area contributed by atoms with Crippen LogP contribution in [0.2, 0.25) is 0 Å². The maximum Gasteiger partial charge on any atom is 0.305 e. The van der Waals surface area contributed by atoms with Gasteiger partial charge in [0.05, 0.1) is 6.42 Å². The Morgan fingerprint density at radius 2 is 2.10 bits per heavy atom. The van der Waals surface area contributed by atoms with Crippen LogP contribution in [0.15, 0.2) is 17.1 Å². The van der Waals surface area contributed by atoms with Gasteiger partial charge in [-0.2, -0.15) is 0 Å². The molecule has 0 unspecified atom stereocenters. The number of rotatable bonds is 6. The van der Waals surface area contributed by atoms with Crippen molar-refractivity contribution in [2.75, 3.05) is 0 Å². The van der Waals surface area contributed by atoms with E-state index in [0.29, 0.717) is 6.42 Å². The van der Waals surface area contributed by atoms with Gasteiger partial charge in [0.2, 0.25) is 0 Å². The first-order chi connectivity index (χ1) is 9.35. The predicted octanol–water partition coefficient (Wildman–Crippen LogP) is 1.07. The first-order valence-electron chi connectivity index (χ1n) is 6.55. The highest BCUT2D eigenvalue weighted by Crippen LogP contribution is 2.04. The Kier molecular flexibility index (Phi) is 5.49. The second-order valence-electron chi connectivity index (χ2n) is 4.86. The fraction of sp³-hybridized carbons (Fsp3) is 0.500. The van der Waals surface area contributed by atoms with E-state index < -0.39 is 17.9 Å². The molecule has 6 nitrogen and oxygen atoms in total. The van der Waals surface area contributed by atoms with Crippen molar-refractivity contribution in [3.05, 3.63) is 33.7 Å². The minimum atomic E-state index is -0.972. The van der Waals surface area contributed by atoms with Crippen LogP contribution in [0, 0.1) is 6.92 Å². The quantitative estimate of drug-likeness (QED) is 0.815. The summed E-state index contributed by atoms with van der Waals surface area (Å²) in [6.07, 6.45) is 2.64. The van der Waals surface area contributed by atoms with E-state index in [0.717, 1.165) is 12.1 Å². The minimum absolute atomic E-state index is 0.0320. The number of nitrogens with zero attached hydrogens (tertiary/aromatic N) is 1. The lowest BCUT2D eigenvalue weighted by molar-refractivity contribution is -0.137. The van der Waals surface area contributed by atoms with Crippen LogP contribution in [0.3, 0.4) is 0 Å². The van der Waals surface area contributed by atoms with Gasteiger partial charge in [-0.05, 0) is 13.3 Å². The van der Waals surface area contributed by atoms with Gasteiger partial charge in [-0.25, -0.2) is 0 Å². The molecule has 6 heteroatoms. The van der Waals surface area contributed by atoms with Crippen molar-refractivity contribution in [1.82, 2.24) is 9.88 Å².